The van der Waals surface area contributed by atoms with Gasteiger partial charge in [0.25, 0.3) is 0 Å². The number of ether oxygens (including phenoxy) is 1. The molecule has 1 heterocycles. The number of likely N-dealkylation sites (N-methyl/N-ethyl adjacent to an activating group) is 1. The Labute approximate surface area is 210 Å². The molecule has 2 aromatic rings. The molecule has 0 radical (unpaired) electrons. The molecule has 1 saturated carbocycles. The number of rotatable bonds is 9. The highest BCUT2D eigenvalue weighted by Crippen LogP contribution is 2.48. The molecule has 7 nitrogen and oxygen atoms in total. The fourth-order valence-electron chi connectivity index (χ4n) is 4.36. The smallest absolute Gasteiger partial charge is 0.313 e. The van der Waals surface area contributed by atoms with E-state index in [-0.39, 0.29) is 23.4 Å². The first kappa shape index (κ1) is 25.8. The van der Waals surface area contributed by atoms with E-state index in [1.807, 2.05) is 11.2 Å². The Hall–Kier alpha value is -2.30. The van der Waals surface area contributed by atoms with Gasteiger partial charge in [-0.15, -0.1) is 11.8 Å². The molecule has 10 heteroatoms. The third kappa shape index (κ3) is 5.01. The number of hydrogen-bond donors (Lipinski definition) is 1. The molecule has 1 aliphatic heterocycles. The van der Waals surface area contributed by atoms with Gasteiger partial charge in [-0.1, -0.05) is 19.8 Å². The van der Waals surface area contributed by atoms with Crippen LogP contribution in [0.1, 0.15) is 39.0 Å². The van der Waals surface area contributed by atoms with E-state index in [0.717, 1.165) is 12.8 Å². The molecule has 2 aromatic carbocycles. The summed E-state index contributed by atoms with van der Waals surface area (Å²) in [6.07, 6.45) is 5.45. The van der Waals surface area contributed by atoms with Crippen molar-refractivity contribution in [3.8, 4) is 5.75 Å². The van der Waals surface area contributed by atoms with Crippen LogP contribution in [0.15, 0.2) is 46.2 Å². The summed E-state index contributed by atoms with van der Waals surface area (Å²) < 4.78 is 48.6. The van der Waals surface area contributed by atoms with Crippen LogP contribution in [0, 0.1) is 11.2 Å². The summed E-state index contributed by atoms with van der Waals surface area (Å²) >= 11 is 1.40. The molecule has 0 aromatic heterocycles. The zero-order valence-electron chi connectivity index (χ0n) is 20.2. The summed E-state index contributed by atoms with van der Waals surface area (Å²) in [5.41, 5.74) is 0.297. The van der Waals surface area contributed by atoms with Crippen molar-refractivity contribution in [2.24, 2.45) is 5.41 Å². The molecule has 1 aliphatic carbocycles. The molecule has 2 aliphatic rings. The van der Waals surface area contributed by atoms with Gasteiger partial charge in [0.05, 0.1) is 10.6 Å². The first-order valence-electron chi connectivity index (χ1n) is 11.7. The van der Waals surface area contributed by atoms with E-state index >= 15 is 0 Å². The van der Waals surface area contributed by atoms with Crippen LogP contribution in [0.5, 0.6) is 5.75 Å². The third-order valence-corrected chi connectivity index (χ3v) is 9.64. The van der Waals surface area contributed by atoms with Crippen molar-refractivity contribution in [2.75, 3.05) is 31.4 Å². The van der Waals surface area contributed by atoms with Gasteiger partial charge in [0.1, 0.15) is 28.5 Å². The van der Waals surface area contributed by atoms with E-state index in [1.165, 1.54) is 34.3 Å². The molecule has 0 saturated heterocycles. The molecule has 0 unspecified atom stereocenters. The summed E-state index contributed by atoms with van der Waals surface area (Å²) in [6, 6.07) is 9.07. The Morgan fingerprint density at radius 3 is 2.51 bits per heavy atom. The monoisotopic (exact) mass is 522 g/mol. The van der Waals surface area contributed by atoms with E-state index < -0.39 is 21.4 Å². The Balaban J connectivity index is 1.83. The normalized spacial score (nSPS) is 20.7. The Bertz CT molecular complexity index is 1200. The van der Waals surface area contributed by atoms with Crippen molar-refractivity contribution in [1.29, 1.82) is 0 Å². The van der Waals surface area contributed by atoms with Gasteiger partial charge in [-0.2, -0.15) is 4.31 Å². The minimum Gasteiger partial charge on any atom is -0.491 e. The third-order valence-electron chi connectivity index (χ3n) is 6.94. The Morgan fingerprint density at radius 1 is 1.26 bits per heavy atom. The number of carboxylic acid groups (broad SMARTS) is 1. The van der Waals surface area contributed by atoms with Crippen LogP contribution in [0.2, 0.25) is 0 Å². The number of thioether (sulfide) groups is 1. The maximum absolute atomic E-state index is 13.8. The second kappa shape index (κ2) is 9.99. The summed E-state index contributed by atoms with van der Waals surface area (Å²) in [7, 11) is -2.28. The van der Waals surface area contributed by atoms with E-state index in [0.29, 0.717) is 47.8 Å². The lowest BCUT2D eigenvalue weighted by Crippen LogP contribution is -2.40. The standard InChI is InChI=1S/C25H31FN2O5S2/c1-4-5-6-19-15-28(18-9-7-17(26)8-10-18)20-13-22(34-3)21(14-23(20)35(31,32)27(19)2)33-16-25(11-12-25)24(29)30/h7-10,13-14,19H,4-6,11-12,15-16H2,1-3H3,(H,29,30)/t19-/m1/s1. The summed E-state index contributed by atoms with van der Waals surface area (Å²) in [5, 5.41) is 9.51. The van der Waals surface area contributed by atoms with Crippen molar-refractivity contribution in [2.45, 2.75) is 54.9 Å². The SMILES string of the molecule is CCCC[C@@H]1CN(c2ccc(F)cc2)c2cc(SC)c(OCC3(C(=O)O)CC3)cc2S(=O)(=O)N1C. The number of halogens is 1. The summed E-state index contributed by atoms with van der Waals surface area (Å²) in [6.45, 7) is 2.48. The van der Waals surface area contributed by atoms with Crippen LogP contribution in [0.3, 0.4) is 0 Å². The van der Waals surface area contributed by atoms with Gasteiger partial charge in [0.15, 0.2) is 0 Å². The second-order valence-corrected chi connectivity index (χ2v) is 12.1. The van der Waals surface area contributed by atoms with Crippen LogP contribution < -0.4 is 9.64 Å². The highest BCUT2D eigenvalue weighted by atomic mass is 32.2. The molecule has 1 fully saturated rings. The molecule has 35 heavy (non-hydrogen) atoms. The molecule has 1 atom stereocenters. The Morgan fingerprint density at radius 2 is 1.94 bits per heavy atom. The van der Waals surface area contributed by atoms with Gasteiger partial charge in [0, 0.05) is 31.4 Å². The Kier molecular flexibility index (Phi) is 7.36. The number of anilines is 2. The van der Waals surface area contributed by atoms with Gasteiger partial charge in [-0.3, -0.25) is 4.79 Å². The highest BCUT2D eigenvalue weighted by molar-refractivity contribution is 7.98. The zero-order chi connectivity index (χ0) is 25.4. The number of fused-ring (bicyclic) bond motifs is 1. The van der Waals surface area contributed by atoms with Crippen LogP contribution in [-0.2, 0) is 14.8 Å². The molecular weight excluding hydrogens is 491 g/mol. The molecule has 1 N–H and O–H groups in total. The molecule has 4 rings (SSSR count). The molecule has 190 valence electrons. The van der Waals surface area contributed by atoms with E-state index in [4.69, 9.17) is 4.74 Å². The first-order chi connectivity index (χ1) is 16.6. The van der Waals surface area contributed by atoms with Crippen molar-refractivity contribution in [3.63, 3.8) is 0 Å². The molecule has 0 bridgehead atoms. The van der Waals surface area contributed by atoms with Gasteiger partial charge < -0.3 is 14.7 Å². The van der Waals surface area contributed by atoms with Crippen LogP contribution in [0.4, 0.5) is 15.8 Å². The van der Waals surface area contributed by atoms with Gasteiger partial charge in [-0.05, 0) is 55.9 Å². The molecular formula is C25H31FN2O5S2. The molecule has 0 amide bonds. The van der Waals surface area contributed by atoms with E-state index in [2.05, 4.69) is 6.92 Å². The predicted molar refractivity (Wildman–Crippen MR) is 135 cm³/mol. The maximum atomic E-state index is 13.8. The lowest BCUT2D eigenvalue weighted by Gasteiger charge is -2.29. The second-order valence-electron chi connectivity index (χ2n) is 9.25. The zero-order valence-corrected chi connectivity index (χ0v) is 21.8. The topological polar surface area (TPSA) is 87.1 Å². The van der Waals surface area contributed by atoms with Crippen molar-refractivity contribution in [1.82, 2.24) is 4.31 Å². The number of benzene rings is 2. The van der Waals surface area contributed by atoms with Crippen LogP contribution >= 0.6 is 11.8 Å². The fourth-order valence-corrected chi connectivity index (χ4v) is 6.47. The van der Waals surface area contributed by atoms with Crippen molar-refractivity contribution < 1.29 is 27.4 Å². The van der Waals surface area contributed by atoms with Crippen molar-refractivity contribution in [3.05, 3.63) is 42.2 Å². The average molecular weight is 523 g/mol. The summed E-state index contributed by atoms with van der Waals surface area (Å²) in [4.78, 5) is 14.3. The quantitative estimate of drug-likeness (QED) is 0.457. The minimum absolute atomic E-state index is 0.00856. The number of carboxylic acids is 1. The number of sulfonamides is 1. The maximum Gasteiger partial charge on any atom is 0.313 e. The average Bonchev–Trinajstić information content (AvgIpc) is 3.64. The van der Waals surface area contributed by atoms with Crippen LogP contribution in [-0.4, -0.2) is 56.3 Å². The van der Waals surface area contributed by atoms with Gasteiger partial charge in [0.2, 0.25) is 10.0 Å². The lowest BCUT2D eigenvalue weighted by molar-refractivity contribution is -0.144. The van der Waals surface area contributed by atoms with Crippen molar-refractivity contribution >= 4 is 39.1 Å². The molecule has 0 spiro atoms. The highest BCUT2D eigenvalue weighted by Gasteiger charge is 2.51. The summed E-state index contributed by atoms with van der Waals surface area (Å²) in [5.74, 6) is -0.907. The first-order valence-corrected chi connectivity index (χ1v) is 14.4. The number of hydrogen-bond acceptors (Lipinski definition) is 6. The van der Waals surface area contributed by atoms with Gasteiger partial charge >= 0.3 is 5.97 Å². The fraction of sp³-hybridized carbons (Fsp3) is 0.480. The lowest BCUT2D eigenvalue weighted by atomic mass is 10.1. The largest absolute Gasteiger partial charge is 0.491 e. The van der Waals surface area contributed by atoms with Gasteiger partial charge in [-0.25, -0.2) is 12.8 Å². The van der Waals surface area contributed by atoms with E-state index in [1.54, 1.807) is 25.2 Å². The minimum atomic E-state index is -3.88. The number of carbonyl (C=O) groups is 1. The number of unbranched alkanes of at least 4 members (excludes halogenated alkanes) is 1. The predicted octanol–water partition coefficient (Wildman–Crippen LogP) is 5.12. The van der Waals surface area contributed by atoms with E-state index in [9.17, 15) is 22.7 Å². The number of aliphatic carboxylic acids is 1. The van der Waals surface area contributed by atoms with Crippen LogP contribution in [0.25, 0.3) is 0 Å². The number of nitrogens with zero attached hydrogens (tertiary/aromatic N) is 2.